The fourth-order valence-electron chi connectivity index (χ4n) is 2.11. The number of carbonyl (C=O) groups is 1. The summed E-state index contributed by atoms with van der Waals surface area (Å²) in [4.78, 5) is 20.4. The first kappa shape index (κ1) is 14.0. The number of hydrogen-bond donors (Lipinski definition) is 2. The van der Waals surface area contributed by atoms with Crippen molar-refractivity contribution in [2.24, 2.45) is 0 Å². The quantitative estimate of drug-likeness (QED) is 0.774. The van der Waals surface area contributed by atoms with Crippen molar-refractivity contribution in [1.29, 1.82) is 0 Å². The zero-order chi connectivity index (χ0) is 15.7. The van der Waals surface area contributed by atoms with E-state index >= 15 is 0 Å². The normalized spacial score (nSPS) is 11.0. The van der Waals surface area contributed by atoms with Gasteiger partial charge in [0.2, 0.25) is 0 Å². The molecule has 0 unspecified atom stereocenters. The second-order valence-electron chi connectivity index (χ2n) is 5.14. The van der Waals surface area contributed by atoms with Crippen LogP contribution in [-0.2, 0) is 0 Å². The third kappa shape index (κ3) is 2.48. The summed E-state index contributed by atoms with van der Waals surface area (Å²) in [5.74, 6) is -0.358. The Morgan fingerprint density at radius 3 is 2.86 bits per heavy atom. The third-order valence-electron chi connectivity index (χ3n) is 3.20. The van der Waals surface area contributed by atoms with Gasteiger partial charge in [-0.2, -0.15) is 5.10 Å². The van der Waals surface area contributed by atoms with Crippen molar-refractivity contribution in [3.8, 4) is 5.75 Å². The highest BCUT2D eigenvalue weighted by molar-refractivity contribution is 6.05. The highest BCUT2D eigenvalue weighted by Crippen LogP contribution is 2.20. The number of pyridine rings is 2. The molecule has 7 nitrogen and oxygen atoms in total. The number of aromatic hydroxyl groups is 1. The Balaban J connectivity index is 1.90. The molecule has 3 aromatic heterocycles. The number of rotatable bonds is 3. The standard InChI is InChI=1S/C15H15N5O2/c1-9(2)20-14-10(8-18-20)6-11(7-17-14)15(22)19-13-12(21)4-3-5-16-13/h3-9,21H,1-2H3,(H,16,19,22). The maximum Gasteiger partial charge on any atom is 0.258 e. The summed E-state index contributed by atoms with van der Waals surface area (Å²) in [6.45, 7) is 4.02. The molecule has 3 rings (SSSR count). The maximum absolute atomic E-state index is 12.2. The average molecular weight is 297 g/mol. The minimum Gasteiger partial charge on any atom is -0.504 e. The molecule has 1 amide bonds. The van der Waals surface area contributed by atoms with Crippen LogP contribution in [0.3, 0.4) is 0 Å². The lowest BCUT2D eigenvalue weighted by Crippen LogP contribution is -2.13. The van der Waals surface area contributed by atoms with Crippen LogP contribution in [0.4, 0.5) is 5.82 Å². The zero-order valence-corrected chi connectivity index (χ0v) is 12.2. The Hall–Kier alpha value is -2.96. The third-order valence-corrected chi connectivity index (χ3v) is 3.20. The number of aromatic nitrogens is 4. The smallest absolute Gasteiger partial charge is 0.258 e. The summed E-state index contributed by atoms with van der Waals surface area (Å²) in [5, 5.41) is 17.2. The van der Waals surface area contributed by atoms with Gasteiger partial charge in [-0.15, -0.1) is 0 Å². The van der Waals surface area contributed by atoms with Crippen molar-refractivity contribution in [2.45, 2.75) is 19.9 Å². The van der Waals surface area contributed by atoms with Crippen LogP contribution in [0.15, 0.2) is 36.8 Å². The molecule has 2 N–H and O–H groups in total. The van der Waals surface area contributed by atoms with Crippen molar-refractivity contribution >= 4 is 22.8 Å². The van der Waals surface area contributed by atoms with Crippen LogP contribution < -0.4 is 5.32 Å². The van der Waals surface area contributed by atoms with E-state index in [1.807, 2.05) is 13.8 Å². The molecule has 22 heavy (non-hydrogen) atoms. The van der Waals surface area contributed by atoms with E-state index in [0.29, 0.717) is 5.56 Å². The van der Waals surface area contributed by atoms with Gasteiger partial charge < -0.3 is 10.4 Å². The topological polar surface area (TPSA) is 92.9 Å². The lowest BCUT2D eigenvalue weighted by molar-refractivity contribution is 0.102. The summed E-state index contributed by atoms with van der Waals surface area (Å²) >= 11 is 0. The molecular formula is C15H15N5O2. The van der Waals surface area contributed by atoms with E-state index in [4.69, 9.17) is 0 Å². The van der Waals surface area contributed by atoms with Gasteiger partial charge in [-0.25, -0.2) is 14.6 Å². The Bertz CT molecular complexity index is 841. The Kier molecular flexibility index (Phi) is 3.46. The van der Waals surface area contributed by atoms with Gasteiger partial charge in [-0.3, -0.25) is 4.79 Å². The van der Waals surface area contributed by atoms with E-state index in [2.05, 4.69) is 20.4 Å². The lowest BCUT2D eigenvalue weighted by Gasteiger charge is -2.07. The van der Waals surface area contributed by atoms with E-state index in [1.165, 1.54) is 18.5 Å². The van der Waals surface area contributed by atoms with Crippen LogP contribution in [0, 0.1) is 0 Å². The summed E-state index contributed by atoms with van der Waals surface area (Å²) in [6, 6.07) is 4.94. The number of fused-ring (bicyclic) bond motifs is 1. The average Bonchev–Trinajstić information content (AvgIpc) is 2.92. The van der Waals surface area contributed by atoms with E-state index in [0.717, 1.165) is 11.0 Å². The number of anilines is 1. The minimum atomic E-state index is -0.388. The van der Waals surface area contributed by atoms with E-state index in [1.54, 1.807) is 23.0 Å². The zero-order valence-electron chi connectivity index (χ0n) is 12.2. The van der Waals surface area contributed by atoms with Crippen LogP contribution >= 0.6 is 0 Å². The molecular weight excluding hydrogens is 282 g/mol. The van der Waals surface area contributed by atoms with E-state index < -0.39 is 0 Å². The molecule has 0 aliphatic heterocycles. The molecule has 3 heterocycles. The van der Waals surface area contributed by atoms with Crippen molar-refractivity contribution in [3.05, 3.63) is 42.4 Å². The molecule has 0 radical (unpaired) electrons. The van der Waals surface area contributed by atoms with Crippen molar-refractivity contribution in [2.75, 3.05) is 5.32 Å². The molecule has 0 aliphatic carbocycles. The van der Waals surface area contributed by atoms with E-state index in [-0.39, 0.29) is 23.5 Å². The Labute approximate surface area is 126 Å². The number of amides is 1. The molecule has 0 aliphatic rings. The molecule has 0 atom stereocenters. The molecule has 0 saturated heterocycles. The molecule has 0 aromatic carbocycles. The largest absolute Gasteiger partial charge is 0.504 e. The first-order valence-corrected chi connectivity index (χ1v) is 6.85. The second-order valence-corrected chi connectivity index (χ2v) is 5.14. The van der Waals surface area contributed by atoms with Gasteiger partial charge in [-0.1, -0.05) is 0 Å². The van der Waals surface area contributed by atoms with Crippen LogP contribution in [-0.4, -0.2) is 30.8 Å². The van der Waals surface area contributed by atoms with Gasteiger partial charge in [-0.05, 0) is 32.0 Å². The van der Waals surface area contributed by atoms with Crippen molar-refractivity contribution < 1.29 is 9.90 Å². The van der Waals surface area contributed by atoms with Gasteiger partial charge in [0.15, 0.2) is 17.2 Å². The fourth-order valence-corrected chi connectivity index (χ4v) is 2.11. The summed E-state index contributed by atoms with van der Waals surface area (Å²) in [5.41, 5.74) is 1.10. The van der Waals surface area contributed by atoms with Gasteiger partial charge in [0.1, 0.15) is 0 Å². The van der Waals surface area contributed by atoms with Crippen LogP contribution in [0.25, 0.3) is 11.0 Å². The van der Waals surface area contributed by atoms with Gasteiger partial charge in [0.25, 0.3) is 5.91 Å². The first-order valence-electron chi connectivity index (χ1n) is 6.85. The predicted octanol–water partition coefficient (Wildman–Crippen LogP) is 2.37. The summed E-state index contributed by atoms with van der Waals surface area (Å²) in [6.07, 6.45) is 4.65. The number of hydrogen-bond acceptors (Lipinski definition) is 5. The van der Waals surface area contributed by atoms with Crippen LogP contribution in [0.1, 0.15) is 30.2 Å². The summed E-state index contributed by atoms with van der Waals surface area (Å²) in [7, 11) is 0. The van der Waals surface area contributed by atoms with E-state index in [9.17, 15) is 9.90 Å². The number of nitrogens with zero attached hydrogens (tertiary/aromatic N) is 4. The molecule has 112 valence electrons. The maximum atomic E-state index is 12.2. The summed E-state index contributed by atoms with van der Waals surface area (Å²) < 4.78 is 1.79. The molecule has 0 bridgehead atoms. The highest BCUT2D eigenvalue weighted by atomic mass is 16.3. The molecule has 7 heteroatoms. The number of nitrogens with one attached hydrogen (secondary N) is 1. The molecule has 3 aromatic rings. The van der Waals surface area contributed by atoms with Crippen LogP contribution in [0.5, 0.6) is 5.75 Å². The molecule has 0 fully saturated rings. The Morgan fingerprint density at radius 2 is 2.14 bits per heavy atom. The van der Waals surface area contributed by atoms with Crippen LogP contribution in [0.2, 0.25) is 0 Å². The van der Waals surface area contributed by atoms with Gasteiger partial charge >= 0.3 is 0 Å². The predicted molar refractivity (Wildman–Crippen MR) is 81.8 cm³/mol. The Morgan fingerprint density at radius 1 is 1.32 bits per heavy atom. The molecule has 0 saturated carbocycles. The van der Waals surface area contributed by atoms with Gasteiger partial charge in [0, 0.05) is 23.8 Å². The lowest BCUT2D eigenvalue weighted by atomic mass is 10.2. The molecule has 0 spiro atoms. The SMILES string of the molecule is CC(C)n1ncc2cc(C(=O)Nc3ncccc3O)cnc21. The minimum absolute atomic E-state index is 0.0856. The monoisotopic (exact) mass is 297 g/mol. The number of carbonyl (C=O) groups excluding carboxylic acids is 1. The fraction of sp³-hybridized carbons (Fsp3) is 0.200. The second kappa shape index (κ2) is 5.44. The highest BCUT2D eigenvalue weighted by Gasteiger charge is 2.13. The van der Waals surface area contributed by atoms with Crippen molar-refractivity contribution in [1.82, 2.24) is 19.7 Å². The first-order chi connectivity index (χ1) is 10.6. The van der Waals surface area contributed by atoms with Crippen molar-refractivity contribution in [3.63, 3.8) is 0 Å². The van der Waals surface area contributed by atoms with Gasteiger partial charge in [0.05, 0.1) is 11.8 Å².